The van der Waals surface area contributed by atoms with E-state index in [4.69, 9.17) is 11.5 Å². The minimum Gasteiger partial charge on any atom is -0.365 e. The molecule has 0 saturated heterocycles. The lowest BCUT2D eigenvalue weighted by Crippen LogP contribution is -2.63. The zero-order valence-electron chi connectivity index (χ0n) is 10.4. The lowest BCUT2D eigenvalue weighted by molar-refractivity contribution is -0.456. The van der Waals surface area contributed by atoms with Crippen molar-refractivity contribution in [3.8, 4) is 0 Å². The van der Waals surface area contributed by atoms with Gasteiger partial charge in [-0.25, -0.2) is 0 Å². The molecule has 0 bridgehead atoms. The number of anilines is 2. The van der Waals surface area contributed by atoms with Gasteiger partial charge in [-0.2, -0.15) is 0 Å². The molecule has 0 fully saturated rings. The van der Waals surface area contributed by atoms with Gasteiger partial charge in [-0.15, -0.1) is 5.10 Å². The second-order valence-corrected chi connectivity index (χ2v) is 3.92. The Balaban J connectivity index is 2.03. The lowest BCUT2D eigenvalue weighted by Gasteiger charge is -2.05. The van der Waals surface area contributed by atoms with E-state index < -0.39 is 0 Å². The third kappa shape index (κ3) is 4.16. The number of hydrazone groups is 1. The summed E-state index contributed by atoms with van der Waals surface area (Å²) in [6.07, 6.45) is 1.71. The van der Waals surface area contributed by atoms with E-state index in [2.05, 4.69) is 15.5 Å². The van der Waals surface area contributed by atoms with Gasteiger partial charge >= 0.3 is 0 Å². The minimum absolute atomic E-state index is 0.00128. The van der Waals surface area contributed by atoms with Crippen molar-refractivity contribution in [1.82, 2.24) is 0 Å². The van der Waals surface area contributed by atoms with Gasteiger partial charge in [0.15, 0.2) is 0 Å². The molecule has 2 aromatic carbocycles. The first-order chi connectivity index (χ1) is 9.24. The summed E-state index contributed by atoms with van der Waals surface area (Å²) in [4.78, 5) is 0. The molecule has 5 heteroatoms. The van der Waals surface area contributed by atoms with Crippen LogP contribution >= 0.6 is 0 Å². The van der Waals surface area contributed by atoms with Gasteiger partial charge in [0.1, 0.15) is 0 Å². The van der Waals surface area contributed by atoms with Crippen molar-refractivity contribution >= 4 is 23.5 Å². The molecular weight excluding hydrogens is 238 g/mol. The second-order valence-electron chi connectivity index (χ2n) is 3.92. The van der Waals surface area contributed by atoms with Crippen LogP contribution in [0.2, 0.25) is 0 Å². The van der Waals surface area contributed by atoms with Gasteiger partial charge in [-0.1, -0.05) is 18.2 Å². The smallest absolute Gasteiger partial charge is 0.256 e. The number of nitrogens with zero attached hydrogens (tertiary/aromatic N) is 1. The minimum atomic E-state index is -0.00128. The summed E-state index contributed by atoms with van der Waals surface area (Å²) in [5.41, 5.74) is 13.5. The van der Waals surface area contributed by atoms with Crippen LogP contribution in [0.5, 0.6) is 0 Å². The molecule has 5 nitrogen and oxygen atoms in total. The molecule has 0 spiro atoms. The molecule has 0 radical (unpaired) electrons. The maximum Gasteiger partial charge on any atom is 0.256 e. The molecule has 0 atom stereocenters. The Bertz CT molecular complexity index is 569. The number of benzene rings is 2. The molecule has 0 aliphatic rings. The van der Waals surface area contributed by atoms with E-state index in [1.807, 2.05) is 54.6 Å². The van der Waals surface area contributed by atoms with E-state index in [1.165, 1.54) is 0 Å². The van der Waals surface area contributed by atoms with Gasteiger partial charge in [-0.05, 0) is 36.4 Å². The van der Waals surface area contributed by atoms with Crippen molar-refractivity contribution in [2.45, 2.75) is 0 Å². The van der Waals surface area contributed by atoms with Gasteiger partial charge in [0.25, 0.3) is 5.96 Å². The summed E-state index contributed by atoms with van der Waals surface area (Å²) in [5, 5.41) is 9.63. The van der Waals surface area contributed by atoms with Crippen molar-refractivity contribution in [3.63, 3.8) is 0 Å². The molecule has 0 aliphatic heterocycles. The third-order valence-electron chi connectivity index (χ3n) is 2.40. The molecule has 0 saturated carbocycles. The van der Waals surface area contributed by atoms with Crippen molar-refractivity contribution in [1.29, 1.82) is 0 Å². The SMILES string of the molecule is NC(N)=N/[NH+]=C\c1ccc(Nc2ccccc2)cc1. The number of para-hydroxylation sites is 1. The average Bonchev–Trinajstić information content (AvgIpc) is 2.42. The Morgan fingerprint density at radius 2 is 1.58 bits per heavy atom. The van der Waals surface area contributed by atoms with E-state index in [1.54, 1.807) is 6.21 Å². The van der Waals surface area contributed by atoms with Gasteiger partial charge in [0, 0.05) is 22.0 Å². The third-order valence-corrected chi connectivity index (χ3v) is 2.40. The van der Waals surface area contributed by atoms with Crippen molar-refractivity contribution in [2.75, 3.05) is 5.32 Å². The lowest BCUT2D eigenvalue weighted by atomic mass is 10.2. The Kier molecular flexibility index (Phi) is 4.12. The quantitative estimate of drug-likeness (QED) is 0.355. The molecule has 0 amide bonds. The summed E-state index contributed by atoms with van der Waals surface area (Å²) in [6, 6.07) is 17.9. The molecule has 0 heterocycles. The Morgan fingerprint density at radius 3 is 2.21 bits per heavy atom. The first kappa shape index (κ1) is 12.6. The second kappa shape index (κ2) is 6.20. The Labute approximate surface area is 111 Å². The summed E-state index contributed by atoms with van der Waals surface area (Å²) in [7, 11) is 0. The zero-order valence-corrected chi connectivity index (χ0v) is 10.4. The van der Waals surface area contributed by atoms with Crippen LogP contribution in [0.1, 0.15) is 5.56 Å². The van der Waals surface area contributed by atoms with Crippen LogP contribution in [0, 0.1) is 0 Å². The van der Waals surface area contributed by atoms with Gasteiger partial charge in [0.05, 0.1) is 0 Å². The molecule has 2 aromatic rings. The fourth-order valence-electron chi connectivity index (χ4n) is 1.53. The van der Waals surface area contributed by atoms with Crippen LogP contribution in [0.15, 0.2) is 59.7 Å². The molecular formula is C14H16N5+. The van der Waals surface area contributed by atoms with Crippen LogP contribution in [-0.4, -0.2) is 12.2 Å². The Morgan fingerprint density at radius 1 is 0.947 bits per heavy atom. The van der Waals surface area contributed by atoms with E-state index in [0.717, 1.165) is 16.9 Å². The highest BCUT2D eigenvalue weighted by molar-refractivity contribution is 5.77. The molecule has 0 aromatic heterocycles. The highest BCUT2D eigenvalue weighted by atomic mass is 15.3. The number of nitrogens with one attached hydrogen (secondary N) is 2. The Hall–Kier alpha value is -2.82. The summed E-state index contributed by atoms with van der Waals surface area (Å²) in [6.45, 7) is 0. The number of nitrogens with two attached hydrogens (primary N) is 2. The zero-order chi connectivity index (χ0) is 13.5. The van der Waals surface area contributed by atoms with E-state index >= 15 is 0 Å². The predicted molar refractivity (Wildman–Crippen MR) is 78.1 cm³/mol. The van der Waals surface area contributed by atoms with Gasteiger partial charge < -0.3 is 16.8 Å². The normalized spacial score (nSPS) is 10.3. The number of hydrogen-bond acceptors (Lipinski definition) is 2. The van der Waals surface area contributed by atoms with Gasteiger partial charge in [0.2, 0.25) is 6.21 Å². The first-order valence-electron chi connectivity index (χ1n) is 5.83. The van der Waals surface area contributed by atoms with Crippen molar-refractivity contribution in [2.24, 2.45) is 16.6 Å². The summed E-state index contributed by atoms with van der Waals surface area (Å²) >= 11 is 0. The maximum atomic E-state index is 5.20. The fraction of sp³-hybridized carbons (Fsp3) is 0. The van der Waals surface area contributed by atoms with E-state index in [-0.39, 0.29) is 5.96 Å². The maximum absolute atomic E-state index is 5.20. The molecule has 6 N–H and O–H groups in total. The van der Waals surface area contributed by atoms with Gasteiger partial charge in [-0.3, -0.25) is 0 Å². The molecule has 19 heavy (non-hydrogen) atoms. The number of rotatable bonds is 4. The molecule has 96 valence electrons. The fourth-order valence-corrected chi connectivity index (χ4v) is 1.53. The van der Waals surface area contributed by atoms with Crippen LogP contribution in [0.3, 0.4) is 0 Å². The monoisotopic (exact) mass is 254 g/mol. The standard InChI is InChI=1S/C14H15N5/c15-14(16)19-17-10-11-6-8-13(9-7-11)18-12-4-2-1-3-5-12/h1-10,18H,(H4,15,16,19)/p+1/b17-10-. The number of hydrogen-bond donors (Lipinski definition) is 4. The van der Waals surface area contributed by atoms with Crippen molar-refractivity contribution < 1.29 is 5.10 Å². The highest BCUT2D eigenvalue weighted by Gasteiger charge is 1.95. The summed E-state index contributed by atoms with van der Waals surface area (Å²) < 4.78 is 0. The van der Waals surface area contributed by atoms with E-state index in [9.17, 15) is 0 Å². The molecule has 0 aliphatic carbocycles. The topological polar surface area (TPSA) is 90.4 Å². The van der Waals surface area contributed by atoms with Crippen molar-refractivity contribution in [3.05, 3.63) is 60.2 Å². The largest absolute Gasteiger partial charge is 0.365 e. The number of guanidine groups is 1. The molecule has 0 unspecified atom stereocenters. The molecule has 2 rings (SSSR count). The van der Waals surface area contributed by atoms with Crippen LogP contribution in [0.25, 0.3) is 0 Å². The summed E-state index contributed by atoms with van der Waals surface area (Å²) in [5.74, 6) is -0.00128. The van der Waals surface area contributed by atoms with Crippen LogP contribution < -0.4 is 21.9 Å². The van der Waals surface area contributed by atoms with E-state index in [0.29, 0.717) is 0 Å². The predicted octanol–water partition coefficient (Wildman–Crippen LogP) is 0.118. The average molecular weight is 254 g/mol. The first-order valence-corrected chi connectivity index (χ1v) is 5.83. The van der Waals surface area contributed by atoms with Crippen LogP contribution in [0.4, 0.5) is 11.4 Å². The highest BCUT2D eigenvalue weighted by Crippen LogP contribution is 2.15. The van der Waals surface area contributed by atoms with Crippen LogP contribution in [-0.2, 0) is 0 Å².